The van der Waals surface area contributed by atoms with E-state index in [1.54, 1.807) is 0 Å². The number of aryl methyl sites for hydroxylation is 1. The predicted octanol–water partition coefficient (Wildman–Crippen LogP) is 3.46. The molecule has 1 aromatic carbocycles. The Hall–Kier alpha value is -1.57. The molecular formula is C16H18O2. The Labute approximate surface area is 108 Å². The summed E-state index contributed by atoms with van der Waals surface area (Å²) in [7, 11) is 1.48. The third-order valence-electron chi connectivity index (χ3n) is 4.24. The first kappa shape index (κ1) is 11.5. The molecule has 94 valence electrons. The van der Waals surface area contributed by atoms with Crippen molar-refractivity contribution in [3.8, 4) is 0 Å². The van der Waals surface area contributed by atoms with Crippen molar-refractivity contribution in [1.82, 2.24) is 0 Å². The quantitative estimate of drug-likeness (QED) is 0.705. The van der Waals surface area contributed by atoms with Gasteiger partial charge in [-0.25, -0.2) is 0 Å². The van der Waals surface area contributed by atoms with Gasteiger partial charge < -0.3 is 4.74 Å². The van der Waals surface area contributed by atoms with Gasteiger partial charge in [0.25, 0.3) is 0 Å². The molecule has 2 nitrogen and oxygen atoms in total. The molecule has 0 unspecified atom stereocenters. The standard InChI is InChI=1S/C16H18O2/c1-10-9-14(16(17)18-2)13-8-4-6-11-5-3-7-12(10)15(11)13/h4,6,8,14H,3,5,7,9H2,1-2H3/t14-/m1/s1. The largest absolute Gasteiger partial charge is 0.469 e. The fourth-order valence-electron chi connectivity index (χ4n) is 3.39. The smallest absolute Gasteiger partial charge is 0.313 e. The van der Waals surface area contributed by atoms with Crippen molar-refractivity contribution in [2.75, 3.05) is 7.11 Å². The minimum absolute atomic E-state index is 0.104. The molecule has 0 amide bonds. The second kappa shape index (κ2) is 4.27. The van der Waals surface area contributed by atoms with Gasteiger partial charge in [-0.1, -0.05) is 23.8 Å². The van der Waals surface area contributed by atoms with Gasteiger partial charge in [0.05, 0.1) is 13.0 Å². The first-order valence-electron chi connectivity index (χ1n) is 6.61. The van der Waals surface area contributed by atoms with Gasteiger partial charge in [0, 0.05) is 0 Å². The highest BCUT2D eigenvalue weighted by Crippen LogP contribution is 2.45. The van der Waals surface area contributed by atoms with E-state index >= 15 is 0 Å². The van der Waals surface area contributed by atoms with E-state index < -0.39 is 0 Å². The summed E-state index contributed by atoms with van der Waals surface area (Å²) in [6.45, 7) is 2.16. The van der Waals surface area contributed by atoms with Crippen LogP contribution in [0.15, 0.2) is 23.8 Å². The summed E-state index contributed by atoms with van der Waals surface area (Å²) in [6.07, 6.45) is 4.34. The Balaban J connectivity index is 2.20. The van der Waals surface area contributed by atoms with Crippen molar-refractivity contribution in [1.29, 1.82) is 0 Å². The van der Waals surface area contributed by atoms with Crippen LogP contribution in [0.5, 0.6) is 0 Å². The van der Waals surface area contributed by atoms with Crippen LogP contribution in [0.25, 0.3) is 5.57 Å². The van der Waals surface area contributed by atoms with Crippen LogP contribution in [-0.2, 0) is 16.0 Å². The van der Waals surface area contributed by atoms with Gasteiger partial charge in [-0.05, 0) is 54.9 Å². The molecule has 2 heteroatoms. The van der Waals surface area contributed by atoms with Gasteiger partial charge >= 0.3 is 5.97 Å². The SMILES string of the molecule is COC(=O)[C@@H]1CC(C)=C2CCCc3cccc1c32. The lowest BCUT2D eigenvalue weighted by atomic mass is 9.73. The van der Waals surface area contributed by atoms with E-state index in [0.717, 1.165) is 19.3 Å². The fourth-order valence-corrected chi connectivity index (χ4v) is 3.39. The Kier molecular flexibility index (Phi) is 2.73. The third kappa shape index (κ3) is 1.59. The van der Waals surface area contributed by atoms with Crippen molar-refractivity contribution in [3.05, 3.63) is 40.5 Å². The zero-order valence-electron chi connectivity index (χ0n) is 11.0. The van der Waals surface area contributed by atoms with Gasteiger partial charge in [0.2, 0.25) is 0 Å². The molecule has 0 bridgehead atoms. The van der Waals surface area contributed by atoms with E-state index in [1.807, 2.05) is 0 Å². The highest BCUT2D eigenvalue weighted by molar-refractivity contribution is 5.86. The fraction of sp³-hybridized carbons (Fsp3) is 0.438. The zero-order valence-corrected chi connectivity index (χ0v) is 11.0. The van der Waals surface area contributed by atoms with Gasteiger partial charge in [0.1, 0.15) is 0 Å². The molecule has 1 aromatic rings. The highest BCUT2D eigenvalue weighted by Gasteiger charge is 2.32. The average Bonchev–Trinajstić information content (AvgIpc) is 2.42. The minimum atomic E-state index is -0.105. The molecule has 0 heterocycles. The summed E-state index contributed by atoms with van der Waals surface area (Å²) in [5.41, 5.74) is 6.78. The maximum atomic E-state index is 12.0. The topological polar surface area (TPSA) is 26.3 Å². The van der Waals surface area contributed by atoms with Crippen LogP contribution >= 0.6 is 0 Å². The summed E-state index contributed by atoms with van der Waals surface area (Å²) in [6, 6.07) is 6.37. The third-order valence-corrected chi connectivity index (χ3v) is 4.24. The lowest BCUT2D eigenvalue weighted by Gasteiger charge is -2.32. The predicted molar refractivity (Wildman–Crippen MR) is 71.3 cm³/mol. The van der Waals surface area contributed by atoms with Crippen LogP contribution in [0.4, 0.5) is 0 Å². The Morgan fingerprint density at radius 1 is 1.33 bits per heavy atom. The molecule has 0 N–H and O–H groups in total. The molecule has 18 heavy (non-hydrogen) atoms. The maximum absolute atomic E-state index is 12.0. The molecule has 3 rings (SSSR count). The number of methoxy groups -OCH3 is 1. The molecule has 0 aromatic heterocycles. The zero-order chi connectivity index (χ0) is 12.7. The highest BCUT2D eigenvalue weighted by atomic mass is 16.5. The molecule has 0 saturated heterocycles. The molecule has 2 aliphatic rings. The van der Waals surface area contributed by atoms with Crippen LogP contribution in [0.2, 0.25) is 0 Å². The van der Waals surface area contributed by atoms with Crippen molar-refractivity contribution in [3.63, 3.8) is 0 Å². The molecular weight excluding hydrogens is 224 g/mol. The van der Waals surface area contributed by atoms with Crippen molar-refractivity contribution in [2.45, 2.75) is 38.5 Å². The Morgan fingerprint density at radius 3 is 2.94 bits per heavy atom. The molecule has 0 saturated carbocycles. The second-order valence-electron chi connectivity index (χ2n) is 5.27. The van der Waals surface area contributed by atoms with E-state index in [0.29, 0.717) is 0 Å². The van der Waals surface area contributed by atoms with E-state index in [9.17, 15) is 4.79 Å². The Morgan fingerprint density at radius 2 is 2.17 bits per heavy atom. The van der Waals surface area contributed by atoms with Crippen LogP contribution < -0.4 is 0 Å². The minimum Gasteiger partial charge on any atom is -0.469 e. The number of benzene rings is 1. The molecule has 0 spiro atoms. The summed E-state index contributed by atoms with van der Waals surface area (Å²) in [4.78, 5) is 12.0. The van der Waals surface area contributed by atoms with Gasteiger partial charge in [-0.15, -0.1) is 0 Å². The van der Waals surface area contributed by atoms with Crippen LogP contribution in [-0.4, -0.2) is 13.1 Å². The van der Waals surface area contributed by atoms with Crippen LogP contribution in [0.3, 0.4) is 0 Å². The normalized spacial score (nSPS) is 21.6. The number of hydrogen-bond acceptors (Lipinski definition) is 2. The summed E-state index contributed by atoms with van der Waals surface area (Å²) < 4.78 is 4.96. The number of esters is 1. The molecule has 1 atom stereocenters. The second-order valence-corrected chi connectivity index (χ2v) is 5.27. The van der Waals surface area contributed by atoms with Crippen LogP contribution in [0, 0.1) is 0 Å². The number of ether oxygens (including phenoxy) is 1. The van der Waals surface area contributed by atoms with E-state index in [2.05, 4.69) is 25.1 Å². The summed E-state index contributed by atoms with van der Waals surface area (Å²) >= 11 is 0. The van der Waals surface area contributed by atoms with Crippen molar-refractivity contribution >= 4 is 11.5 Å². The number of allylic oxidation sites excluding steroid dienone is 2. The van der Waals surface area contributed by atoms with E-state index in [4.69, 9.17) is 4.74 Å². The molecule has 0 fully saturated rings. The number of hydrogen-bond donors (Lipinski definition) is 0. The number of carbonyl (C=O) groups excluding carboxylic acids is 1. The average molecular weight is 242 g/mol. The molecule has 0 radical (unpaired) electrons. The molecule has 0 aliphatic heterocycles. The summed E-state index contributed by atoms with van der Waals surface area (Å²) in [5.74, 6) is -0.209. The number of carbonyl (C=O) groups is 1. The van der Waals surface area contributed by atoms with Crippen molar-refractivity contribution < 1.29 is 9.53 Å². The van der Waals surface area contributed by atoms with Gasteiger partial charge in [-0.2, -0.15) is 0 Å². The lowest BCUT2D eigenvalue weighted by Crippen LogP contribution is -2.22. The first-order chi connectivity index (χ1) is 8.72. The number of rotatable bonds is 1. The van der Waals surface area contributed by atoms with Crippen molar-refractivity contribution in [2.24, 2.45) is 0 Å². The lowest BCUT2D eigenvalue weighted by molar-refractivity contribution is -0.142. The Bertz CT molecular complexity index is 540. The van der Waals surface area contributed by atoms with Crippen LogP contribution in [0.1, 0.15) is 48.8 Å². The van der Waals surface area contributed by atoms with E-state index in [1.165, 1.54) is 41.4 Å². The molecule has 2 aliphatic carbocycles. The maximum Gasteiger partial charge on any atom is 0.313 e. The van der Waals surface area contributed by atoms with Gasteiger partial charge in [0.15, 0.2) is 0 Å². The summed E-state index contributed by atoms with van der Waals surface area (Å²) in [5, 5.41) is 0. The first-order valence-corrected chi connectivity index (χ1v) is 6.61. The van der Waals surface area contributed by atoms with E-state index in [-0.39, 0.29) is 11.9 Å². The monoisotopic (exact) mass is 242 g/mol. The van der Waals surface area contributed by atoms with Gasteiger partial charge in [-0.3, -0.25) is 4.79 Å².